The number of ketones is 2. The summed E-state index contributed by atoms with van der Waals surface area (Å²) < 4.78 is 31.1. The SMILES string of the molecule is CC(=O)CCCOCCOCCN.CC(=O)NCCOCCOCCCC(=O)CCC(NC(=O)c1ccc(NCc2cnc3nc(N)[nH]c(=O)c3n2)cc1)C(=O)O.CC(=O)O.NCCOCCOCCN.Nc1nc2ncc(CNc3ccc(C(=O)NC(CCC(=O)O)C(=O)O)cc3)nc2c(=O)[nH]1. The number of amides is 3. The number of anilines is 4. The van der Waals surface area contributed by atoms with Crippen molar-refractivity contribution in [3.8, 4) is 0 Å². The maximum absolute atomic E-state index is 12.7. The smallest absolute Gasteiger partial charge is 0.326 e. The van der Waals surface area contributed by atoms with E-state index in [1.54, 1.807) is 31.2 Å². The van der Waals surface area contributed by atoms with Crippen LogP contribution in [-0.2, 0) is 75.1 Å². The van der Waals surface area contributed by atoms with E-state index in [1.165, 1.54) is 43.6 Å². The number of carbonyl (C=O) groups excluding carboxylic acids is 5. The van der Waals surface area contributed by atoms with Crippen LogP contribution in [0.4, 0.5) is 23.3 Å². The predicted octanol–water partition coefficient (Wildman–Crippen LogP) is -0.280. The molecule has 21 N–H and O–H groups in total. The van der Waals surface area contributed by atoms with Crippen LogP contribution >= 0.6 is 0 Å². The summed E-state index contributed by atoms with van der Waals surface area (Å²) in [6.45, 7) is 12.9. The molecule has 6 aromatic rings. The van der Waals surface area contributed by atoms with E-state index in [-0.39, 0.29) is 108 Å². The van der Waals surface area contributed by atoms with Crippen LogP contribution in [0.1, 0.15) is 104 Å². The quantitative estimate of drug-likeness (QED) is 0.0219. The molecule has 39 heteroatoms. The molecule has 3 amide bonds. The first-order chi connectivity index (χ1) is 49.3. The lowest BCUT2D eigenvalue weighted by atomic mass is 10.1. The Morgan fingerprint density at radius 3 is 1.21 bits per heavy atom. The van der Waals surface area contributed by atoms with E-state index >= 15 is 0 Å². The highest BCUT2D eigenvalue weighted by atomic mass is 16.5. The van der Waals surface area contributed by atoms with Crippen molar-refractivity contribution in [2.45, 2.75) is 97.3 Å². The van der Waals surface area contributed by atoms with Crippen molar-refractivity contribution in [2.75, 3.05) is 128 Å². The van der Waals surface area contributed by atoms with E-state index in [1.807, 2.05) is 0 Å². The van der Waals surface area contributed by atoms with Crippen LogP contribution in [-0.4, -0.2) is 231 Å². The summed E-state index contributed by atoms with van der Waals surface area (Å²) in [4.78, 5) is 154. The number of nitrogens with two attached hydrogens (primary N) is 5. The van der Waals surface area contributed by atoms with Crippen molar-refractivity contribution in [3.05, 3.63) is 104 Å². The number of carbonyl (C=O) groups is 9. The first kappa shape index (κ1) is 88.4. The summed E-state index contributed by atoms with van der Waals surface area (Å²) in [5, 5.41) is 48.3. The summed E-state index contributed by atoms with van der Waals surface area (Å²) in [6.07, 6.45) is 4.37. The topological polar surface area (TPSA) is 623 Å². The lowest BCUT2D eigenvalue weighted by Gasteiger charge is -2.14. The van der Waals surface area contributed by atoms with Gasteiger partial charge < -0.3 is 109 Å². The van der Waals surface area contributed by atoms with Gasteiger partial charge in [-0.15, -0.1) is 0 Å². The molecular formula is C64H94N18O21. The molecule has 4 heterocycles. The van der Waals surface area contributed by atoms with E-state index < -0.39 is 58.9 Å². The molecule has 0 aliphatic carbocycles. The summed E-state index contributed by atoms with van der Waals surface area (Å²) in [7, 11) is 0. The number of hydrogen-bond acceptors (Lipinski definition) is 30. The lowest BCUT2D eigenvalue weighted by Crippen LogP contribution is -2.41. The normalized spacial score (nSPS) is 11.1. The number of nitrogens with zero attached hydrogens (tertiary/aromatic N) is 6. The second-order valence-electron chi connectivity index (χ2n) is 21.5. The highest BCUT2D eigenvalue weighted by Gasteiger charge is 2.23. The van der Waals surface area contributed by atoms with Gasteiger partial charge in [-0.25, -0.2) is 29.5 Å². The molecule has 6 rings (SSSR count). The molecule has 2 aromatic carbocycles. The average Bonchev–Trinajstić information content (AvgIpc) is 0.816. The lowest BCUT2D eigenvalue weighted by molar-refractivity contribution is -0.141. The van der Waals surface area contributed by atoms with E-state index in [9.17, 15) is 53.1 Å². The second-order valence-corrected chi connectivity index (χ2v) is 21.5. The van der Waals surface area contributed by atoms with Gasteiger partial charge >= 0.3 is 17.9 Å². The molecule has 2 unspecified atom stereocenters. The van der Waals surface area contributed by atoms with Gasteiger partial charge in [0.2, 0.25) is 17.8 Å². The van der Waals surface area contributed by atoms with Crippen LogP contribution in [0.3, 0.4) is 0 Å². The molecule has 0 saturated heterocycles. The number of aromatic nitrogens is 8. The van der Waals surface area contributed by atoms with Gasteiger partial charge in [-0.2, -0.15) is 9.97 Å². The summed E-state index contributed by atoms with van der Waals surface area (Å²) in [6, 6.07) is 9.96. The fourth-order valence-electron chi connectivity index (χ4n) is 7.98. The Kier molecular flexibility index (Phi) is 44.9. The van der Waals surface area contributed by atoms with Crippen LogP contribution in [0.5, 0.6) is 0 Å². The van der Waals surface area contributed by atoms with Crippen LogP contribution in [0.25, 0.3) is 22.3 Å². The Labute approximate surface area is 590 Å². The first-order valence-electron chi connectivity index (χ1n) is 32.3. The number of Topliss-reactive ketones (excluding diaryl/α,β-unsaturated/α-hetero) is 2. The molecule has 0 aliphatic heterocycles. The average molecular weight is 1450 g/mol. The van der Waals surface area contributed by atoms with Gasteiger partial charge in [0.1, 0.15) is 23.7 Å². The number of hydrogen-bond donors (Lipinski definition) is 16. The number of carboxylic acids is 4. The van der Waals surface area contributed by atoms with Gasteiger partial charge in [0.25, 0.3) is 28.9 Å². The number of aromatic amines is 2. The van der Waals surface area contributed by atoms with Gasteiger partial charge in [-0.05, 0) is 81.1 Å². The molecule has 0 fully saturated rings. The molecule has 566 valence electrons. The minimum absolute atomic E-state index is 0.000650. The zero-order valence-electron chi connectivity index (χ0n) is 57.6. The third-order valence-electron chi connectivity index (χ3n) is 12.9. The summed E-state index contributed by atoms with van der Waals surface area (Å²) in [5.41, 5.74) is 28.6. The van der Waals surface area contributed by atoms with E-state index in [2.05, 4.69) is 66.5 Å². The number of ether oxygens (including phenoxy) is 6. The van der Waals surface area contributed by atoms with E-state index in [0.717, 1.165) is 13.3 Å². The van der Waals surface area contributed by atoms with Crippen molar-refractivity contribution in [1.82, 2.24) is 55.8 Å². The standard InChI is InChI=1S/C28H36N8O8.C19H19N7O6.C9H19NO3.C6H16N2O2.C2H4O2/c1-17(37)30-10-12-44-14-13-43-11-2-3-21(38)8-9-22(27(41)42)34-25(39)18-4-6-19(7-5-18)31-15-20-16-32-24-23(33-20)26(40)36-28(29)35-24;20-19-25-15-14(17(30)26-19)23-11(8-22-15)7-21-10-3-1-9(2-4-10)16(29)24-12(18(31)32)5-6-13(27)28;1-9(11)3-2-5-12-7-8-13-6-4-10;7-1-3-9-5-6-10-4-2-8;1-2(3)4/h4-7,16,22,31H,2-3,8-15H2,1H3,(H,30,37)(H,34,39)(H,41,42)(H3,29,32,35,36,40);1-4,8,12,21H,5-7H2,(H,24,29)(H,27,28)(H,31,32)(H3,20,22,25,26,30);2-8,10H2,1H3;1-8H2;1H3,(H,3,4). The Bertz CT molecular complexity index is 3690. The minimum atomic E-state index is -1.31. The largest absolute Gasteiger partial charge is 0.481 e. The number of H-pyrrole nitrogens is 2. The van der Waals surface area contributed by atoms with Crippen molar-refractivity contribution < 1.29 is 92.0 Å². The fourth-order valence-corrected chi connectivity index (χ4v) is 7.98. The molecule has 0 radical (unpaired) electrons. The van der Waals surface area contributed by atoms with Crippen LogP contribution in [0.15, 0.2) is 70.5 Å². The van der Waals surface area contributed by atoms with Gasteiger partial charge in [0.05, 0.1) is 103 Å². The highest BCUT2D eigenvalue weighted by Crippen LogP contribution is 2.15. The maximum atomic E-state index is 12.7. The number of carboxylic acid groups (broad SMARTS) is 4. The first-order valence-corrected chi connectivity index (χ1v) is 32.3. The molecular weight excluding hydrogens is 1360 g/mol. The van der Waals surface area contributed by atoms with E-state index in [4.69, 9.17) is 77.2 Å². The number of rotatable bonds is 44. The van der Waals surface area contributed by atoms with Crippen molar-refractivity contribution in [3.63, 3.8) is 0 Å². The van der Waals surface area contributed by atoms with Crippen LogP contribution in [0, 0.1) is 0 Å². The van der Waals surface area contributed by atoms with Crippen LogP contribution in [0.2, 0.25) is 0 Å². The molecule has 2 atom stereocenters. The van der Waals surface area contributed by atoms with Gasteiger partial charge in [0, 0.05) is 101 Å². The van der Waals surface area contributed by atoms with Crippen molar-refractivity contribution in [1.29, 1.82) is 0 Å². The second kappa shape index (κ2) is 52.4. The third-order valence-corrected chi connectivity index (χ3v) is 12.9. The summed E-state index contributed by atoms with van der Waals surface area (Å²) in [5.74, 6) is -5.90. The van der Waals surface area contributed by atoms with Gasteiger partial charge in [-0.1, -0.05) is 0 Å². The number of fused-ring (bicyclic) bond motifs is 2. The third kappa shape index (κ3) is 41.0. The molecule has 0 bridgehead atoms. The summed E-state index contributed by atoms with van der Waals surface area (Å²) >= 11 is 0. The molecule has 0 aliphatic rings. The Balaban J connectivity index is 0.000000527. The molecule has 4 aromatic heterocycles. The number of aliphatic carboxylic acids is 4. The molecule has 103 heavy (non-hydrogen) atoms. The molecule has 0 saturated carbocycles. The monoisotopic (exact) mass is 1450 g/mol. The Morgan fingerprint density at radius 1 is 0.485 bits per heavy atom. The number of benzene rings is 2. The van der Waals surface area contributed by atoms with Gasteiger partial charge in [0.15, 0.2) is 22.3 Å². The minimum Gasteiger partial charge on any atom is -0.481 e. The fraction of sp³-hybridized carbons (Fsp3) is 0.484. The van der Waals surface area contributed by atoms with Crippen molar-refractivity contribution >= 4 is 98.8 Å². The zero-order valence-corrected chi connectivity index (χ0v) is 57.6. The molecule has 39 nitrogen and oxygen atoms in total. The Morgan fingerprint density at radius 2 is 0.854 bits per heavy atom. The number of nitrogen functional groups attached to an aromatic ring is 2. The highest BCUT2D eigenvalue weighted by molar-refractivity contribution is 5.98. The van der Waals surface area contributed by atoms with Crippen LogP contribution < -0.4 is 66.4 Å². The van der Waals surface area contributed by atoms with Crippen molar-refractivity contribution in [2.24, 2.45) is 17.2 Å². The maximum Gasteiger partial charge on any atom is 0.326 e. The Hall–Kier alpha value is -10.6. The number of nitrogens with one attached hydrogen (secondary N) is 7. The van der Waals surface area contributed by atoms with Gasteiger partial charge in [-0.3, -0.25) is 48.3 Å². The molecule has 0 spiro atoms. The zero-order chi connectivity index (χ0) is 76.3. The van der Waals surface area contributed by atoms with E-state index in [0.29, 0.717) is 141 Å². The predicted molar refractivity (Wildman–Crippen MR) is 374 cm³/mol.